The molecule has 2 amide bonds. The molecule has 4 aromatic rings. The number of nitrogens with one attached hydrogen (secondary N) is 3. The second-order valence-electron chi connectivity index (χ2n) is 6.25. The maximum atomic E-state index is 13.0. The molecule has 0 saturated carbocycles. The fourth-order valence-corrected chi connectivity index (χ4v) is 3.00. The van der Waals surface area contributed by atoms with Gasteiger partial charge in [-0.25, -0.2) is 9.18 Å². The van der Waals surface area contributed by atoms with E-state index in [2.05, 4.69) is 21.7 Å². The Kier molecular flexibility index (Phi) is 4.58. The molecule has 0 fully saturated rings. The van der Waals surface area contributed by atoms with Crippen LogP contribution in [0.25, 0.3) is 22.2 Å². The lowest BCUT2D eigenvalue weighted by Gasteiger charge is -2.11. The van der Waals surface area contributed by atoms with E-state index >= 15 is 0 Å². The monoisotopic (exact) mass is 359 g/mol. The molecule has 134 valence electrons. The van der Waals surface area contributed by atoms with Gasteiger partial charge in [0.05, 0.1) is 5.69 Å². The van der Waals surface area contributed by atoms with Crippen molar-refractivity contribution in [3.63, 3.8) is 0 Å². The van der Waals surface area contributed by atoms with Crippen molar-refractivity contribution >= 4 is 22.6 Å². The zero-order chi connectivity index (χ0) is 18.6. The van der Waals surface area contributed by atoms with Crippen molar-refractivity contribution in [1.29, 1.82) is 0 Å². The van der Waals surface area contributed by atoms with Crippen LogP contribution in [0, 0.1) is 5.82 Å². The van der Waals surface area contributed by atoms with Gasteiger partial charge in [0.25, 0.3) is 0 Å². The minimum absolute atomic E-state index is 0.296. The molecule has 4 rings (SSSR count). The van der Waals surface area contributed by atoms with Crippen molar-refractivity contribution < 1.29 is 9.18 Å². The third-order valence-electron chi connectivity index (χ3n) is 4.36. The van der Waals surface area contributed by atoms with Crippen LogP contribution in [-0.2, 0) is 6.54 Å². The molecule has 0 bridgehead atoms. The molecule has 3 aromatic carbocycles. The number of aromatic amines is 1. The van der Waals surface area contributed by atoms with E-state index in [0.717, 1.165) is 27.7 Å². The van der Waals surface area contributed by atoms with Crippen LogP contribution in [0.4, 0.5) is 14.9 Å². The summed E-state index contributed by atoms with van der Waals surface area (Å²) in [7, 11) is 0. The average molecular weight is 359 g/mol. The number of anilines is 1. The van der Waals surface area contributed by atoms with Gasteiger partial charge < -0.3 is 15.6 Å². The van der Waals surface area contributed by atoms with Gasteiger partial charge in [-0.1, -0.05) is 48.5 Å². The Balaban J connectivity index is 1.50. The second-order valence-corrected chi connectivity index (χ2v) is 6.25. The Morgan fingerprint density at radius 3 is 2.48 bits per heavy atom. The van der Waals surface area contributed by atoms with Gasteiger partial charge in [0.1, 0.15) is 5.82 Å². The lowest BCUT2D eigenvalue weighted by atomic mass is 10.1. The standard InChI is InChI=1S/C22H18FN3O/c23-17-11-9-15(10-12-17)14-24-22(27)26-20-8-4-2-6-18(20)21-13-16-5-1-3-7-19(16)25-21/h1-13,25H,14H2,(H2,24,26,27). The summed E-state index contributed by atoms with van der Waals surface area (Å²) in [6, 6.07) is 23.5. The van der Waals surface area contributed by atoms with Gasteiger partial charge in [0, 0.05) is 28.7 Å². The molecule has 5 heteroatoms. The Hall–Kier alpha value is -3.60. The van der Waals surface area contributed by atoms with E-state index in [4.69, 9.17) is 0 Å². The van der Waals surface area contributed by atoms with Crippen LogP contribution in [0.15, 0.2) is 78.9 Å². The summed E-state index contributed by atoms with van der Waals surface area (Å²) >= 11 is 0. The molecular formula is C22H18FN3O. The molecule has 0 aliphatic rings. The van der Waals surface area contributed by atoms with Crippen LogP contribution in [0.3, 0.4) is 0 Å². The molecule has 1 heterocycles. The summed E-state index contributed by atoms with van der Waals surface area (Å²) in [4.78, 5) is 15.7. The number of fused-ring (bicyclic) bond motifs is 1. The summed E-state index contributed by atoms with van der Waals surface area (Å²) in [6.45, 7) is 0.320. The number of aromatic nitrogens is 1. The lowest BCUT2D eigenvalue weighted by molar-refractivity contribution is 0.252. The number of hydrogen-bond acceptors (Lipinski definition) is 1. The topological polar surface area (TPSA) is 56.9 Å². The zero-order valence-corrected chi connectivity index (χ0v) is 14.5. The molecule has 0 saturated heterocycles. The van der Waals surface area contributed by atoms with Crippen molar-refractivity contribution in [2.75, 3.05) is 5.32 Å². The fraction of sp³-hybridized carbons (Fsp3) is 0.0455. The third-order valence-corrected chi connectivity index (χ3v) is 4.36. The number of H-pyrrole nitrogens is 1. The molecular weight excluding hydrogens is 341 g/mol. The average Bonchev–Trinajstić information content (AvgIpc) is 3.12. The van der Waals surface area contributed by atoms with Crippen molar-refractivity contribution in [3.8, 4) is 11.3 Å². The molecule has 0 aliphatic carbocycles. The molecule has 0 atom stereocenters. The van der Waals surface area contributed by atoms with E-state index in [1.165, 1.54) is 12.1 Å². The summed E-state index contributed by atoms with van der Waals surface area (Å²) in [5.74, 6) is -0.296. The third kappa shape index (κ3) is 3.82. The SMILES string of the molecule is O=C(NCc1ccc(F)cc1)Nc1ccccc1-c1cc2ccccc2[nH]1. The highest BCUT2D eigenvalue weighted by molar-refractivity contribution is 5.96. The van der Waals surface area contributed by atoms with Crippen molar-refractivity contribution in [2.45, 2.75) is 6.54 Å². The largest absolute Gasteiger partial charge is 0.354 e. The molecule has 0 radical (unpaired) electrons. The van der Waals surface area contributed by atoms with Gasteiger partial charge in [0.15, 0.2) is 0 Å². The number of urea groups is 1. The van der Waals surface area contributed by atoms with E-state index in [1.807, 2.05) is 48.5 Å². The van der Waals surface area contributed by atoms with E-state index in [0.29, 0.717) is 12.2 Å². The first-order valence-electron chi connectivity index (χ1n) is 8.65. The number of para-hydroxylation sites is 2. The molecule has 0 unspecified atom stereocenters. The van der Waals surface area contributed by atoms with E-state index in [9.17, 15) is 9.18 Å². The number of amides is 2. The predicted octanol–water partition coefficient (Wildman–Crippen LogP) is 5.30. The Bertz CT molecular complexity index is 1050. The first-order chi connectivity index (χ1) is 13.2. The van der Waals surface area contributed by atoms with Gasteiger partial charge in [-0.15, -0.1) is 0 Å². The normalized spacial score (nSPS) is 10.7. The molecule has 0 aliphatic heterocycles. The van der Waals surface area contributed by atoms with Crippen LogP contribution in [-0.4, -0.2) is 11.0 Å². The van der Waals surface area contributed by atoms with Crippen molar-refractivity contribution in [2.24, 2.45) is 0 Å². The minimum Gasteiger partial charge on any atom is -0.354 e. The summed E-state index contributed by atoms with van der Waals surface area (Å²) in [5.41, 5.74) is 4.43. The summed E-state index contributed by atoms with van der Waals surface area (Å²) < 4.78 is 13.0. The molecule has 1 aromatic heterocycles. The van der Waals surface area contributed by atoms with E-state index in [1.54, 1.807) is 12.1 Å². The molecule has 3 N–H and O–H groups in total. The van der Waals surface area contributed by atoms with Gasteiger partial charge >= 0.3 is 6.03 Å². The first-order valence-corrected chi connectivity index (χ1v) is 8.65. The molecule has 27 heavy (non-hydrogen) atoms. The summed E-state index contributed by atoms with van der Waals surface area (Å²) in [6.07, 6.45) is 0. The van der Waals surface area contributed by atoms with Gasteiger partial charge in [-0.2, -0.15) is 0 Å². The maximum Gasteiger partial charge on any atom is 0.319 e. The quantitative estimate of drug-likeness (QED) is 0.455. The van der Waals surface area contributed by atoms with E-state index < -0.39 is 0 Å². The highest BCUT2D eigenvalue weighted by Crippen LogP contribution is 2.29. The molecule has 0 spiro atoms. The maximum absolute atomic E-state index is 13.0. The number of carbonyl (C=O) groups excluding carboxylic acids is 1. The Morgan fingerprint density at radius 2 is 1.67 bits per heavy atom. The zero-order valence-electron chi connectivity index (χ0n) is 14.5. The van der Waals surface area contributed by atoms with Crippen LogP contribution >= 0.6 is 0 Å². The number of benzene rings is 3. The van der Waals surface area contributed by atoms with E-state index in [-0.39, 0.29) is 11.8 Å². The van der Waals surface area contributed by atoms with Gasteiger partial charge in [-0.3, -0.25) is 0 Å². The smallest absolute Gasteiger partial charge is 0.319 e. The Morgan fingerprint density at radius 1 is 0.926 bits per heavy atom. The molecule has 4 nitrogen and oxygen atoms in total. The minimum atomic E-state index is -0.317. The van der Waals surface area contributed by atoms with Crippen molar-refractivity contribution in [3.05, 3.63) is 90.2 Å². The van der Waals surface area contributed by atoms with Crippen LogP contribution in [0.1, 0.15) is 5.56 Å². The first kappa shape index (κ1) is 16.8. The number of rotatable bonds is 4. The van der Waals surface area contributed by atoms with Crippen molar-refractivity contribution in [1.82, 2.24) is 10.3 Å². The summed E-state index contributed by atoms with van der Waals surface area (Å²) in [5, 5.41) is 6.79. The number of hydrogen-bond donors (Lipinski definition) is 3. The van der Waals surface area contributed by atoms with Gasteiger partial charge in [-0.05, 0) is 35.9 Å². The fourth-order valence-electron chi connectivity index (χ4n) is 3.00. The Labute approximate surface area is 156 Å². The second kappa shape index (κ2) is 7.33. The van der Waals surface area contributed by atoms with Crippen LogP contribution in [0.5, 0.6) is 0 Å². The highest BCUT2D eigenvalue weighted by Gasteiger charge is 2.10. The van der Waals surface area contributed by atoms with Crippen LogP contribution < -0.4 is 10.6 Å². The highest BCUT2D eigenvalue weighted by atomic mass is 19.1. The van der Waals surface area contributed by atoms with Gasteiger partial charge in [0.2, 0.25) is 0 Å². The number of carbonyl (C=O) groups is 1. The van der Waals surface area contributed by atoms with Crippen LogP contribution in [0.2, 0.25) is 0 Å². The lowest BCUT2D eigenvalue weighted by Crippen LogP contribution is -2.28. The predicted molar refractivity (Wildman–Crippen MR) is 106 cm³/mol. The number of halogens is 1.